The first kappa shape index (κ1) is 19.4. The minimum atomic E-state index is -2.75. The average molecular weight is 330 g/mol. The van der Waals surface area contributed by atoms with Gasteiger partial charge in [-0.25, -0.2) is 9.55 Å². The van der Waals surface area contributed by atoms with Crippen molar-refractivity contribution in [1.29, 1.82) is 0 Å². The van der Waals surface area contributed by atoms with Gasteiger partial charge in [-0.1, -0.05) is 20.3 Å². The van der Waals surface area contributed by atoms with Gasteiger partial charge in [0.2, 0.25) is 0 Å². The summed E-state index contributed by atoms with van der Waals surface area (Å²) in [5, 5.41) is 0. The number of unbranched alkanes of at least 4 members (excludes halogenated alkanes) is 1. The fourth-order valence-electron chi connectivity index (χ4n) is 2.84. The molecule has 1 N–H and O–H groups in total. The molecule has 0 aliphatic rings. The summed E-state index contributed by atoms with van der Waals surface area (Å²) in [7, 11) is -2.75. The van der Waals surface area contributed by atoms with Crippen molar-refractivity contribution in [2.24, 2.45) is 0 Å². The van der Waals surface area contributed by atoms with Crippen LogP contribution in [0.5, 0.6) is 0 Å². The third-order valence-electron chi connectivity index (χ3n) is 3.75. The second kappa shape index (κ2) is 10.2. The van der Waals surface area contributed by atoms with Crippen molar-refractivity contribution < 1.29 is 17.8 Å². The summed E-state index contributed by atoms with van der Waals surface area (Å²) in [5.74, 6) is 1.16. The predicted molar refractivity (Wildman–Crippen MR) is 89.6 cm³/mol. The molecule has 0 aliphatic heterocycles. The third-order valence-corrected chi connectivity index (χ3v) is 7.36. The van der Waals surface area contributed by atoms with Crippen LogP contribution in [-0.4, -0.2) is 33.6 Å². The van der Waals surface area contributed by atoms with Crippen LogP contribution in [0, 0.1) is 0 Å². The minimum absolute atomic E-state index is 0.138. The number of aromatic amines is 1. The van der Waals surface area contributed by atoms with Gasteiger partial charge in [-0.3, -0.25) is 0 Å². The monoisotopic (exact) mass is 329 g/mol. The zero-order valence-electron chi connectivity index (χ0n) is 14.9. The van der Waals surface area contributed by atoms with Crippen LogP contribution < -0.4 is 4.57 Å². The number of hydrogen-bond donors (Lipinski definition) is 1. The maximum Gasteiger partial charge on any atom is 0.516 e. The Morgan fingerprint density at radius 2 is 1.64 bits per heavy atom. The number of nitrogens with zero attached hydrogens (tertiary/aromatic N) is 1. The maximum atomic E-state index is 6.11. The highest BCUT2D eigenvalue weighted by Crippen LogP contribution is 2.30. The number of rotatable bonds is 12. The van der Waals surface area contributed by atoms with Crippen molar-refractivity contribution in [2.75, 3.05) is 19.8 Å². The van der Waals surface area contributed by atoms with E-state index in [0.29, 0.717) is 19.8 Å². The Bertz CT molecular complexity index is 395. The fourth-order valence-corrected chi connectivity index (χ4v) is 5.99. The van der Waals surface area contributed by atoms with Crippen molar-refractivity contribution in [3.8, 4) is 0 Å². The first-order valence-electron chi connectivity index (χ1n) is 8.67. The number of hydrogen-bond acceptors (Lipinski definition) is 3. The summed E-state index contributed by atoms with van der Waals surface area (Å²) in [6, 6.07) is 0. The number of imidazole rings is 1. The topological polar surface area (TPSA) is 47.4 Å². The summed E-state index contributed by atoms with van der Waals surface area (Å²) in [4.78, 5) is 3.40. The first-order chi connectivity index (χ1) is 10.7. The molecule has 22 heavy (non-hydrogen) atoms. The molecule has 0 spiro atoms. The molecule has 5 nitrogen and oxygen atoms in total. The van der Waals surface area contributed by atoms with E-state index < -0.39 is 8.80 Å². The summed E-state index contributed by atoms with van der Waals surface area (Å²) in [6.07, 6.45) is 7.38. The van der Waals surface area contributed by atoms with Gasteiger partial charge in [-0.2, -0.15) is 0 Å². The minimum Gasteiger partial charge on any atom is -0.373 e. The molecule has 1 aromatic heterocycles. The van der Waals surface area contributed by atoms with Crippen LogP contribution in [0.25, 0.3) is 0 Å². The van der Waals surface area contributed by atoms with E-state index in [1.165, 1.54) is 12.8 Å². The highest BCUT2D eigenvalue weighted by atomic mass is 28.4. The Hall–Kier alpha value is -0.693. The van der Waals surface area contributed by atoms with Crippen LogP contribution >= 0.6 is 0 Å². The Balaban J connectivity index is 3.14. The van der Waals surface area contributed by atoms with E-state index in [1.54, 1.807) is 0 Å². The number of aryl methyl sites for hydroxylation is 1. The van der Waals surface area contributed by atoms with Crippen molar-refractivity contribution >= 4 is 8.80 Å². The highest BCUT2D eigenvalue weighted by Gasteiger charge is 2.53. The number of aromatic nitrogens is 2. The van der Waals surface area contributed by atoms with Gasteiger partial charge in [0.1, 0.15) is 17.9 Å². The molecule has 0 saturated carbocycles. The van der Waals surface area contributed by atoms with Crippen molar-refractivity contribution in [3.05, 3.63) is 18.2 Å². The van der Waals surface area contributed by atoms with E-state index >= 15 is 0 Å². The molecule has 128 valence electrons. The van der Waals surface area contributed by atoms with Crippen LogP contribution in [0.2, 0.25) is 0 Å². The van der Waals surface area contributed by atoms with E-state index in [9.17, 15) is 0 Å². The molecular formula is C16H33N2O3Si+. The van der Waals surface area contributed by atoms with Gasteiger partial charge in [0.05, 0.1) is 6.54 Å². The second-order valence-electron chi connectivity index (χ2n) is 5.26. The standard InChI is InChI=1S/C16H32N2O3Si/c1-6-11-13-18-14-12-17-16(18)15(7-2)22(19-8-3,20-9-4)21-10-5/h12,14-15H,6-11,13H2,1-5H3/p+1. The Morgan fingerprint density at radius 1 is 1.05 bits per heavy atom. The summed E-state index contributed by atoms with van der Waals surface area (Å²) in [6.45, 7) is 13.2. The second-order valence-corrected chi connectivity index (χ2v) is 8.03. The molecular weight excluding hydrogens is 296 g/mol. The van der Waals surface area contributed by atoms with Crippen LogP contribution in [0.1, 0.15) is 65.2 Å². The van der Waals surface area contributed by atoms with Crippen LogP contribution in [0.4, 0.5) is 0 Å². The lowest BCUT2D eigenvalue weighted by atomic mass is 10.3. The van der Waals surface area contributed by atoms with Gasteiger partial charge < -0.3 is 13.3 Å². The first-order valence-corrected chi connectivity index (χ1v) is 10.5. The summed E-state index contributed by atoms with van der Waals surface area (Å²) >= 11 is 0. The zero-order chi connectivity index (χ0) is 16.4. The molecule has 1 aromatic rings. The third kappa shape index (κ3) is 4.65. The molecule has 0 fully saturated rings. The van der Waals surface area contributed by atoms with Crippen molar-refractivity contribution in [3.63, 3.8) is 0 Å². The molecule has 1 rings (SSSR count). The van der Waals surface area contributed by atoms with E-state index in [2.05, 4.69) is 29.6 Å². The van der Waals surface area contributed by atoms with Gasteiger partial charge in [-0.05, 0) is 33.6 Å². The SMILES string of the molecule is CCCC[n+]1cc[nH]c1C(CC)[Si](OCC)(OCC)OCC. The molecule has 6 heteroatoms. The molecule has 0 aliphatic carbocycles. The van der Waals surface area contributed by atoms with Gasteiger partial charge >= 0.3 is 8.80 Å². The lowest BCUT2D eigenvalue weighted by Crippen LogP contribution is -2.55. The van der Waals surface area contributed by atoms with E-state index in [-0.39, 0.29) is 5.54 Å². The van der Waals surface area contributed by atoms with Crippen LogP contribution in [-0.2, 0) is 19.8 Å². The molecule has 1 heterocycles. The van der Waals surface area contributed by atoms with E-state index in [0.717, 1.165) is 18.8 Å². The Kier molecular flexibility index (Phi) is 8.93. The van der Waals surface area contributed by atoms with Crippen molar-refractivity contribution in [2.45, 2.75) is 66.0 Å². The molecule has 0 bridgehead atoms. The van der Waals surface area contributed by atoms with E-state index in [1.807, 2.05) is 27.0 Å². The normalized spacial score (nSPS) is 13.5. The Morgan fingerprint density at radius 3 is 2.09 bits per heavy atom. The molecule has 0 aromatic carbocycles. The van der Waals surface area contributed by atoms with Crippen LogP contribution in [0.15, 0.2) is 12.4 Å². The van der Waals surface area contributed by atoms with Crippen molar-refractivity contribution in [1.82, 2.24) is 4.98 Å². The lowest BCUT2D eigenvalue weighted by Gasteiger charge is -2.32. The van der Waals surface area contributed by atoms with Gasteiger partial charge in [0, 0.05) is 19.8 Å². The molecule has 1 atom stereocenters. The number of nitrogens with one attached hydrogen (secondary N) is 1. The highest BCUT2D eigenvalue weighted by molar-refractivity contribution is 6.62. The molecule has 1 unspecified atom stereocenters. The molecule has 0 saturated heterocycles. The lowest BCUT2D eigenvalue weighted by molar-refractivity contribution is -0.704. The van der Waals surface area contributed by atoms with Gasteiger partial charge in [0.25, 0.3) is 5.82 Å². The van der Waals surface area contributed by atoms with Gasteiger partial charge in [0.15, 0.2) is 0 Å². The average Bonchev–Trinajstić information content (AvgIpc) is 2.95. The largest absolute Gasteiger partial charge is 0.516 e. The van der Waals surface area contributed by atoms with E-state index in [4.69, 9.17) is 13.3 Å². The quantitative estimate of drug-likeness (QED) is 0.473. The van der Waals surface area contributed by atoms with Crippen LogP contribution in [0.3, 0.4) is 0 Å². The summed E-state index contributed by atoms with van der Waals surface area (Å²) in [5.41, 5.74) is 0.138. The Labute approximate surface area is 136 Å². The maximum absolute atomic E-state index is 6.11. The molecule has 0 radical (unpaired) electrons. The number of H-pyrrole nitrogens is 1. The van der Waals surface area contributed by atoms with Gasteiger partial charge in [-0.15, -0.1) is 0 Å². The predicted octanol–water partition coefficient (Wildman–Crippen LogP) is 3.18. The molecule has 0 amide bonds. The summed E-state index contributed by atoms with van der Waals surface area (Å²) < 4.78 is 20.6. The zero-order valence-corrected chi connectivity index (χ0v) is 15.9. The fraction of sp³-hybridized carbons (Fsp3) is 0.812. The smallest absolute Gasteiger partial charge is 0.373 e.